The van der Waals surface area contributed by atoms with Gasteiger partial charge in [0.05, 0.1) is 12.9 Å². The molecule has 0 saturated carbocycles. The molecule has 1 aromatic heterocycles. The van der Waals surface area contributed by atoms with Crippen molar-refractivity contribution < 1.29 is 23.5 Å². The number of rotatable bonds is 7. The molecule has 0 aliphatic rings. The van der Waals surface area contributed by atoms with Gasteiger partial charge >= 0.3 is 11.9 Å². The molecule has 0 bridgehead atoms. The van der Waals surface area contributed by atoms with Gasteiger partial charge in [-0.1, -0.05) is 19.1 Å². The topological polar surface area (TPSA) is 82.8 Å². The lowest BCUT2D eigenvalue weighted by Gasteiger charge is -2.02. The Labute approximate surface area is 128 Å². The van der Waals surface area contributed by atoms with Gasteiger partial charge < -0.3 is 13.9 Å². The van der Waals surface area contributed by atoms with E-state index in [4.69, 9.17) is 13.9 Å². The third-order valence-corrected chi connectivity index (χ3v) is 2.50. The third-order valence-electron chi connectivity index (χ3n) is 2.50. The fraction of sp³-hybridized carbons (Fsp3) is 0.312. The number of aryl methyl sites for hydroxylation is 1. The van der Waals surface area contributed by atoms with Crippen molar-refractivity contribution >= 4 is 11.9 Å². The van der Waals surface area contributed by atoms with Crippen molar-refractivity contribution in [1.82, 2.24) is 0 Å². The third kappa shape index (κ3) is 6.21. The molecule has 6 heteroatoms. The molecule has 0 spiro atoms. The smallest absolute Gasteiger partial charge is 0.336 e. The molecule has 1 aromatic rings. The van der Waals surface area contributed by atoms with E-state index in [-0.39, 0.29) is 18.1 Å². The minimum atomic E-state index is -0.857. The summed E-state index contributed by atoms with van der Waals surface area (Å²) in [7, 11) is 0. The number of carbonyl (C=O) groups excluding carboxylic acids is 2. The first kappa shape index (κ1) is 17.4. The van der Waals surface area contributed by atoms with Gasteiger partial charge in [-0.3, -0.25) is 4.79 Å². The first-order valence-electron chi connectivity index (χ1n) is 6.84. The molecule has 0 atom stereocenters. The molecular formula is C16H18O6. The van der Waals surface area contributed by atoms with Crippen molar-refractivity contribution in [3.05, 3.63) is 52.6 Å². The van der Waals surface area contributed by atoms with Crippen molar-refractivity contribution in [2.24, 2.45) is 0 Å². The van der Waals surface area contributed by atoms with Crippen LogP contribution in [-0.2, 0) is 14.3 Å². The monoisotopic (exact) mass is 306 g/mol. The maximum absolute atomic E-state index is 11.5. The molecule has 22 heavy (non-hydrogen) atoms. The number of allylic oxidation sites excluding steroid dienone is 1. The van der Waals surface area contributed by atoms with Crippen LogP contribution in [0.2, 0.25) is 0 Å². The zero-order valence-corrected chi connectivity index (χ0v) is 12.5. The van der Waals surface area contributed by atoms with Crippen LogP contribution >= 0.6 is 0 Å². The van der Waals surface area contributed by atoms with Crippen molar-refractivity contribution in [3.8, 4) is 5.75 Å². The summed E-state index contributed by atoms with van der Waals surface area (Å²) < 4.78 is 14.7. The summed E-state index contributed by atoms with van der Waals surface area (Å²) in [5.74, 6) is -1.53. The second kappa shape index (κ2) is 9.33. The molecule has 1 rings (SSSR count). The molecule has 0 radical (unpaired) electrons. The zero-order valence-electron chi connectivity index (χ0n) is 12.5. The van der Waals surface area contributed by atoms with E-state index in [1.807, 2.05) is 19.1 Å². The average Bonchev–Trinajstić information content (AvgIpc) is 2.49. The quantitative estimate of drug-likeness (QED) is 0.333. The van der Waals surface area contributed by atoms with Crippen LogP contribution in [0.4, 0.5) is 0 Å². The Morgan fingerprint density at radius 1 is 1.23 bits per heavy atom. The fourth-order valence-corrected chi connectivity index (χ4v) is 1.45. The summed E-state index contributed by atoms with van der Waals surface area (Å²) >= 11 is 0. The standard InChI is InChI=1S/C16H18O6/c1-3-4-5-6-10-21-14(18)7-8-15(19)22-16-12(2)20-11-9-13(16)17/h4-5,7-9,11H,3,6,10H2,1-2H3. The van der Waals surface area contributed by atoms with Gasteiger partial charge in [-0.15, -0.1) is 0 Å². The lowest BCUT2D eigenvalue weighted by molar-refractivity contribution is -0.138. The molecule has 6 nitrogen and oxygen atoms in total. The summed E-state index contributed by atoms with van der Waals surface area (Å²) in [6.07, 6.45) is 8.46. The van der Waals surface area contributed by atoms with Crippen LogP contribution in [0.25, 0.3) is 0 Å². The number of ether oxygens (including phenoxy) is 2. The summed E-state index contributed by atoms with van der Waals surface area (Å²) in [6.45, 7) is 3.73. The Morgan fingerprint density at radius 2 is 1.95 bits per heavy atom. The van der Waals surface area contributed by atoms with E-state index in [1.54, 1.807) is 0 Å². The first-order valence-corrected chi connectivity index (χ1v) is 6.84. The number of esters is 2. The maximum atomic E-state index is 11.5. The minimum Gasteiger partial charge on any atom is -0.465 e. The molecule has 0 aliphatic heterocycles. The Hall–Kier alpha value is -2.63. The highest BCUT2D eigenvalue weighted by Crippen LogP contribution is 2.10. The van der Waals surface area contributed by atoms with Crippen LogP contribution in [0.5, 0.6) is 5.75 Å². The molecule has 0 unspecified atom stereocenters. The highest BCUT2D eigenvalue weighted by Gasteiger charge is 2.10. The minimum absolute atomic E-state index is 0.180. The zero-order chi connectivity index (χ0) is 16.4. The van der Waals surface area contributed by atoms with E-state index in [9.17, 15) is 14.4 Å². The molecule has 1 heterocycles. The molecule has 118 valence electrons. The van der Waals surface area contributed by atoms with Crippen molar-refractivity contribution in [3.63, 3.8) is 0 Å². The summed E-state index contributed by atoms with van der Waals surface area (Å²) in [4.78, 5) is 34.4. The Morgan fingerprint density at radius 3 is 2.64 bits per heavy atom. The fourth-order valence-electron chi connectivity index (χ4n) is 1.45. The largest absolute Gasteiger partial charge is 0.465 e. The Kier molecular flexibility index (Phi) is 7.39. The summed E-state index contributed by atoms with van der Waals surface area (Å²) in [5, 5.41) is 0. The van der Waals surface area contributed by atoms with Crippen molar-refractivity contribution in [1.29, 1.82) is 0 Å². The van der Waals surface area contributed by atoms with E-state index in [0.29, 0.717) is 6.42 Å². The normalized spacial score (nSPS) is 11.0. The molecule has 0 amide bonds. The van der Waals surface area contributed by atoms with E-state index < -0.39 is 17.4 Å². The van der Waals surface area contributed by atoms with Crippen LogP contribution in [0.3, 0.4) is 0 Å². The van der Waals surface area contributed by atoms with Crippen molar-refractivity contribution in [2.45, 2.75) is 26.7 Å². The second-order valence-electron chi connectivity index (χ2n) is 4.26. The lowest BCUT2D eigenvalue weighted by atomic mass is 10.3. The van der Waals surface area contributed by atoms with Crippen LogP contribution in [-0.4, -0.2) is 18.5 Å². The van der Waals surface area contributed by atoms with Crippen LogP contribution in [0.15, 0.2) is 45.8 Å². The van der Waals surface area contributed by atoms with Crippen LogP contribution < -0.4 is 10.2 Å². The van der Waals surface area contributed by atoms with Gasteiger partial charge in [0.2, 0.25) is 11.2 Å². The molecule has 0 aromatic carbocycles. The lowest BCUT2D eigenvalue weighted by Crippen LogP contribution is -2.13. The van der Waals surface area contributed by atoms with Gasteiger partial charge in [0.25, 0.3) is 0 Å². The SMILES string of the molecule is CCC=CCCOC(=O)C=CC(=O)Oc1c(C)occc1=O. The first-order chi connectivity index (χ1) is 10.5. The van der Waals surface area contributed by atoms with Crippen LogP contribution in [0, 0.1) is 6.92 Å². The highest BCUT2D eigenvalue weighted by atomic mass is 16.5. The number of carbonyl (C=O) groups is 2. The van der Waals surface area contributed by atoms with Gasteiger partial charge in [-0.25, -0.2) is 9.59 Å². The van der Waals surface area contributed by atoms with Gasteiger partial charge in [-0.2, -0.15) is 0 Å². The average molecular weight is 306 g/mol. The predicted octanol–water partition coefficient (Wildman–Crippen LogP) is 2.31. The Bertz CT molecular complexity index is 624. The molecule has 0 aliphatic carbocycles. The molecule has 0 saturated heterocycles. The van der Waals surface area contributed by atoms with Crippen LogP contribution in [0.1, 0.15) is 25.5 Å². The van der Waals surface area contributed by atoms with Gasteiger partial charge in [0.15, 0.2) is 0 Å². The van der Waals surface area contributed by atoms with E-state index in [2.05, 4.69) is 0 Å². The molecule has 0 fully saturated rings. The van der Waals surface area contributed by atoms with E-state index in [1.165, 1.54) is 13.2 Å². The second-order valence-corrected chi connectivity index (χ2v) is 4.26. The van der Waals surface area contributed by atoms with Gasteiger partial charge in [0, 0.05) is 18.2 Å². The Balaban J connectivity index is 2.46. The van der Waals surface area contributed by atoms with E-state index in [0.717, 1.165) is 24.6 Å². The maximum Gasteiger partial charge on any atom is 0.336 e. The number of hydrogen-bond donors (Lipinski definition) is 0. The molecular weight excluding hydrogens is 288 g/mol. The van der Waals surface area contributed by atoms with E-state index >= 15 is 0 Å². The summed E-state index contributed by atoms with van der Waals surface area (Å²) in [6, 6.07) is 1.14. The van der Waals surface area contributed by atoms with Crippen molar-refractivity contribution in [2.75, 3.05) is 6.61 Å². The predicted molar refractivity (Wildman–Crippen MR) is 79.5 cm³/mol. The highest BCUT2D eigenvalue weighted by molar-refractivity contribution is 5.92. The van der Waals surface area contributed by atoms with Gasteiger partial charge in [0.1, 0.15) is 5.76 Å². The molecule has 0 N–H and O–H groups in total. The number of hydrogen-bond acceptors (Lipinski definition) is 6. The summed E-state index contributed by atoms with van der Waals surface area (Å²) in [5.41, 5.74) is -0.476. The van der Waals surface area contributed by atoms with Gasteiger partial charge in [-0.05, 0) is 19.8 Å².